The molecule has 8 nitrogen and oxygen atoms in total. The van der Waals surface area contributed by atoms with Crippen molar-refractivity contribution < 1.29 is 14.1 Å². The van der Waals surface area contributed by atoms with Gasteiger partial charge < -0.3 is 19.1 Å². The van der Waals surface area contributed by atoms with E-state index in [2.05, 4.69) is 20.9 Å². The van der Waals surface area contributed by atoms with Crippen molar-refractivity contribution in [1.29, 1.82) is 5.26 Å². The van der Waals surface area contributed by atoms with Crippen molar-refractivity contribution in [2.75, 3.05) is 42.6 Å². The summed E-state index contributed by atoms with van der Waals surface area (Å²) in [4.78, 5) is 25.7. The van der Waals surface area contributed by atoms with Crippen LogP contribution in [0.15, 0.2) is 24.5 Å². The van der Waals surface area contributed by atoms with Crippen LogP contribution >= 0.6 is 0 Å². The topological polar surface area (TPSA) is 105 Å². The molecule has 9 heteroatoms. The number of likely N-dealkylation sites (tertiary alicyclic amines) is 1. The Balaban J connectivity index is 1.37. The number of amides is 1. The molecule has 2 aromatic rings. The smallest absolute Gasteiger partial charge is 0.253 e. The average molecular weight is 411 g/mol. The summed E-state index contributed by atoms with van der Waals surface area (Å²) in [7, 11) is 0. The molecule has 2 atom stereocenters. The van der Waals surface area contributed by atoms with Crippen LogP contribution in [0, 0.1) is 16.7 Å². The maximum atomic E-state index is 13.0. The molecule has 3 saturated heterocycles. The number of aromatic nitrogens is 2. The van der Waals surface area contributed by atoms with Crippen molar-refractivity contribution in [3.8, 4) is 6.07 Å². The third-order valence-electron chi connectivity index (χ3n) is 5.90. The number of carbonyl (C=O) groups excluding carboxylic acids is 1. The molecular weight excluding hydrogens is 390 g/mol. The summed E-state index contributed by atoms with van der Waals surface area (Å²) in [6.45, 7) is 4.37. The second-order valence-corrected chi connectivity index (χ2v) is 9.72. The van der Waals surface area contributed by atoms with E-state index in [9.17, 15) is 14.6 Å². The Hall–Kier alpha value is -2.41. The highest BCUT2D eigenvalue weighted by atomic mass is 32.2. The van der Waals surface area contributed by atoms with E-state index < -0.39 is 17.3 Å². The zero-order chi connectivity index (χ0) is 20.2. The van der Waals surface area contributed by atoms with Gasteiger partial charge in [0.25, 0.3) is 5.91 Å². The lowest BCUT2D eigenvalue weighted by Crippen LogP contribution is -2.71. The summed E-state index contributed by atoms with van der Waals surface area (Å²) in [5.74, 6) is 1.41. The summed E-state index contributed by atoms with van der Waals surface area (Å²) in [6.07, 6.45) is 2.52. The first-order chi connectivity index (χ1) is 14.0. The van der Waals surface area contributed by atoms with Crippen LogP contribution in [0.1, 0.15) is 12.5 Å². The first-order valence-corrected chi connectivity index (χ1v) is 11.1. The van der Waals surface area contributed by atoms with Crippen LogP contribution in [-0.2, 0) is 20.7 Å². The lowest BCUT2D eigenvalue weighted by molar-refractivity contribution is -0.158. The van der Waals surface area contributed by atoms with Gasteiger partial charge in [0.1, 0.15) is 28.6 Å². The summed E-state index contributed by atoms with van der Waals surface area (Å²) in [5, 5.41) is 9.35. The molecule has 29 heavy (non-hydrogen) atoms. The zero-order valence-corrected chi connectivity index (χ0v) is 16.9. The average Bonchev–Trinajstić information content (AvgIpc) is 2.67. The van der Waals surface area contributed by atoms with Crippen molar-refractivity contribution in [1.82, 2.24) is 14.9 Å². The molecule has 5 rings (SSSR count). The summed E-state index contributed by atoms with van der Waals surface area (Å²) in [6, 6.07) is 5.78. The van der Waals surface area contributed by atoms with E-state index in [-0.39, 0.29) is 17.4 Å². The van der Waals surface area contributed by atoms with Gasteiger partial charge in [0.15, 0.2) is 6.10 Å². The number of fused-ring (bicyclic) bond motifs is 1. The highest BCUT2D eigenvalue weighted by molar-refractivity contribution is 7.92. The van der Waals surface area contributed by atoms with Crippen LogP contribution in [0.4, 0.5) is 5.69 Å². The van der Waals surface area contributed by atoms with Gasteiger partial charge in [-0.3, -0.25) is 14.8 Å². The number of carbonyl (C=O) groups is 1. The fourth-order valence-corrected chi connectivity index (χ4v) is 6.27. The van der Waals surface area contributed by atoms with Crippen LogP contribution in [0.5, 0.6) is 0 Å². The number of morpholine rings is 1. The van der Waals surface area contributed by atoms with Crippen molar-refractivity contribution in [3.63, 3.8) is 0 Å². The van der Waals surface area contributed by atoms with Crippen LogP contribution in [0.25, 0.3) is 11.0 Å². The van der Waals surface area contributed by atoms with Crippen LogP contribution in [-0.4, -0.2) is 75.2 Å². The van der Waals surface area contributed by atoms with Crippen LogP contribution in [0.2, 0.25) is 0 Å². The minimum absolute atomic E-state index is 0.00566. The number of hydrogen-bond donors (Lipinski definition) is 0. The predicted molar refractivity (Wildman–Crippen MR) is 108 cm³/mol. The molecule has 0 radical (unpaired) electrons. The normalized spacial score (nSPS) is 26.1. The molecule has 1 spiro atoms. The number of anilines is 1. The van der Waals surface area contributed by atoms with Gasteiger partial charge in [-0.1, -0.05) is 11.2 Å². The van der Waals surface area contributed by atoms with Crippen molar-refractivity contribution >= 4 is 33.8 Å². The maximum absolute atomic E-state index is 13.0. The van der Waals surface area contributed by atoms with Gasteiger partial charge >= 0.3 is 0 Å². The molecule has 0 bridgehead atoms. The van der Waals surface area contributed by atoms with Crippen LogP contribution < -0.4 is 4.90 Å². The highest BCUT2D eigenvalue weighted by Gasteiger charge is 2.58. The van der Waals surface area contributed by atoms with E-state index >= 15 is 0 Å². The van der Waals surface area contributed by atoms with E-state index in [1.165, 1.54) is 0 Å². The maximum Gasteiger partial charge on any atom is 0.253 e. The van der Waals surface area contributed by atoms with Crippen molar-refractivity contribution in [3.05, 3.63) is 30.1 Å². The molecule has 3 fully saturated rings. The molecule has 1 amide bonds. The van der Waals surface area contributed by atoms with Gasteiger partial charge in [0, 0.05) is 32.0 Å². The minimum atomic E-state index is -0.709. The van der Waals surface area contributed by atoms with E-state index in [4.69, 9.17) is 4.74 Å². The molecular formula is C20H21N5O3S. The number of nitriles is 1. The Morgan fingerprint density at radius 2 is 2.00 bits per heavy atom. The standard InChI is InChI=1S/C20H21N5O3S/c1-13-7-24(15-3-2-14(6-21)17-18(15)23-5-4-22-17)8-16(28-13)19(26)25-9-20(10-25)11-29(27)12-20/h2-5,13,16H,7-12H2,1H3/t13-,16-/m1/s1. The van der Waals surface area contributed by atoms with E-state index in [1.807, 2.05) is 17.9 Å². The van der Waals surface area contributed by atoms with Gasteiger partial charge in [-0.25, -0.2) is 0 Å². The summed E-state index contributed by atoms with van der Waals surface area (Å²) in [5.41, 5.74) is 2.65. The monoisotopic (exact) mass is 411 g/mol. The number of nitrogens with zero attached hydrogens (tertiary/aromatic N) is 5. The number of rotatable bonds is 2. The third-order valence-corrected chi connectivity index (χ3v) is 7.77. The Bertz CT molecular complexity index is 1010. The fraction of sp³-hybridized carbons (Fsp3) is 0.500. The summed E-state index contributed by atoms with van der Waals surface area (Å²) >= 11 is -0.709. The van der Waals surface area contributed by atoms with Crippen molar-refractivity contribution in [2.24, 2.45) is 5.41 Å². The molecule has 3 aliphatic heterocycles. The molecule has 1 aromatic carbocycles. The number of hydrogen-bond acceptors (Lipinski definition) is 7. The van der Waals surface area contributed by atoms with Gasteiger partial charge in [-0.2, -0.15) is 5.26 Å². The number of benzene rings is 1. The molecule has 0 unspecified atom stereocenters. The fourth-order valence-electron chi connectivity index (χ4n) is 4.62. The first kappa shape index (κ1) is 18.6. The van der Waals surface area contributed by atoms with E-state index in [0.29, 0.717) is 54.3 Å². The lowest BCUT2D eigenvalue weighted by atomic mass is 9.82. The molecule has 0 aliphatic carbocycles. The molecule has 0 saturated carbocycles. The van der Waals surface area contributed by atoms with Gasteiger partial charge in [0.2, 0.25) is 0 Å². The van der Waals surface area contributed by atoms with Gasteiger partial charge in [0.05, 0.1) is 29.3 Å². The minimum Gasteiger partial charge on any atom is -0.616 e. The molecule has 4 heterocycles. The van der Waals surface area contributed by atoms with Crippen molar-refractivity contribution in [2.45, 2.75) is 19.1 Å². The zero-order valence-electron chi connectivity index (χ0n) is 16.1. The van der Waals surface area contributed by atoms with Gasteiger partial charge in [-0.15, -0.1) is 0 Å². The quantitative estimate of drug-likeness (QED) is 0.669. The molecule has 1 aromatic heterocycles. The second-order valence-electron chi connectivity index (χ2n) is 8.26. The molecule has 0 N–H and O–H groups in total. The second kappa shape index (κ2) is 6.83. The lowest BCUT2D eigenvalue weighted by Gasteiger charge is -2.55. The third kappa shape index (κ3) is 3.12. The molecule has 150 valence electrons. The Kier molecular flexibility index (Phi) is 4.38. The SMILES string of the molecule is C[C@@H]1CN(c2ccc(C#N)c3nccnc23)C[C@H](C(=O)N2CC3(C2)C[S+]([O-])C3)O1. The first-order valence-electron chi connectivity index (χ1n) is 9.66. The van der Waals surface area contributed by atoms with E-state index in [1.54, 1.807) is 18.5 Å². The Labute approximate surface area is 171 Å². The van der Waals surface area contributed by atoms with E-state index in [0.717, 1.165) is 5.69 Å². The Morgan fingerprint density at radius 3 is 2.69 bits per heavy atom. The van der Waals surface area contributed by atoms with Crippen LogP contribution in [0.3, 0.4) is 0 Å². The predicted octanol–water partition coefficient (Wildman–Crippen LogP) is 0.686. The highest BCUT2D eigenvalue weighted by Crippen LogP contribution is 2.42. The Morgan fingerprint density at radius 1 is 1.28 bits per heavy atom. The summed E-state index contributed by atoms with van der Waals surface area (Å²) < 4.78 is 17.4. The number of ether oxygens (including phenoxy) is 1. The molecule has 3 aliphatic rings. The largest absolute Gasteiger partial charge is 0.616 e. The van der Waals surface area contributed by atoms with Gasteiger partial charge in [-0.05, 0) is 19.1 Å².